The van der Waals surface area contributed by atoms with Crippen LogP contribution in [0.2, 0.25) is 10.0 Å². The smallest absolute Gasteiger partial charge is 0.200 e. The Bertz CT molecular complexity index is 1290. The van der Waals surface area contributed by atoms with E-state index >= 15 is 0 Å². The summed E-state index contributed by atoms with van der Waals surface area (Å²) in [7, 11) is -4.81. The van der Waals surface area contributed by atoms with Crippen molar-refractivity contribution in [2.24, 2.45) is 0 Å². The van der Waals surface area contributed by atoms with Crippen molar-refractivity contribution in [2.75, 3.05) is 18.0 Å². The molecule has 2 aromatic carbocycles. The second-order valence-electron chi connectivity index (χ2n) is 7.30. The van der Waals surface area contributed by atoms with Gasteiger partial charge in [0.2, 0.25) is 5.82 Å². The van der Waals surface area contributed by atoms with E-state index in [4.69, 9.17) is 23.2 Å². The van der Waals surface area contributed by atoms with E-state index in [-0.39, 0.29) is 25.9 Å². The molecule has 1 aliphatic rings. The molecule has 33 heavy (non-hydrogen) atoms. The first-order valence-corrected chi connectivity index (χ1v) is 12.6. The third-order valence-electron chi connectivity index (χ3n) is 5.26. The average Bonchev–Trinajstić information content (AvgIpc) is 3.26. The van der Waals surface area contributed by atoms with Crippen LogP contribution in [-0.2, 0) is 9.84 Å². The summed E-state index contributed by atoms with van der Waals surface area (Å²) in [6, 6.07) is 4.96. The number of aromatic nitrogens is 1. The first-order chi connectivity index (χ1) is 15.5. The lowest BCUT2D eigenvalue weighted by atomic mass is 10.1. The molecule has 0 N–H and O–H groups in total. The number of hydrogen-bond acceptors (Lipinski definition) is 5. The zero-order valence-corrected chi connectivity index (χ0v) is 19.5. The largest absolute Gasteiger partial charge is 0.348 e. The van der Waals surface area contributed by atoms with Gasteiger partial charge >= 0.3 is 0 Å². The fraction of sp³-hybridized carbons (Fsp3) is 0.250. The predicted octanol–water partition coefficient (Wildman–Crippen LogP) is 6.26. The fourth-order valence-corrected chi connectivity index (χ4v) is 6.86. The third kappa shape index (κ3) is 4.43. The molecule has 0 saturated carbocycles. The molecule has 0 aliphatic carbocycles. The molecule has 1 fully saturated rings. The van der Waals surface area contributed by atoms with Crippen molar-refractivity contribution in [1.82, 2.24) is 4.98 Å². The van der Waals surface area contributed by atoms with Crippen LogP contribution in [0.25, 0.3) is 11.3 Å². The molecule has 1 aromatic heterocycles. The van der Waals surface area contributed by atoms with Gasteiger partial charge in [-0.2, -0.15) is 0 Å². The van der Waals surface area contributed by atoms with Crippen LogP contribution >= 0.6 is 34.5 Å². The Hall–Kier alpha value is -1.95. The summed E-state index contributed by atoms with van der Waals surface area (Å²) in [5, 5.41) is 1.91. The first-order valence-electron chi connectivity index (χ1n) is 9.43. The van der Waals surface area contributed by atoms with E-state index in [1.165, 1.54) is 11.3 Å². The molecule has 0 unspecified atom stereocenters. The maximum absolute atomic E-state index is 14.1. The second kappa shape index (κ2) is 9.01. The highest BCUT2D eigenvalue weighted by molar-refractivity contribution is 7.92. The molecule has 4 rings (SSSR count). The van der Waals surface area contributed by atoms with Gasteiger partial charge in [0.1, 0.15) is 4.90 Å². The molecule has 0 bridgehead atoms. The van der Waals surface area contributed by atoms with Crippen LogP contribution in [0.5, 0.6) is 0 Å². The number of nitrogens with zero attached hydrogens (tertiary/aromatic N) is 2. The predicted molar refractivity (Wildman–Crippen MR) is 116 cm³/mol. The second-order valence-corrected chi connectivity index (χ2v) is 11.2. The van der Waals surface area contributed by atoms with E-state index in [1.807, 2.05) is 0 Å². The van der Waals surface area contributed by atoms with E-state index in [0.29, 0.717) is 26.4 Å². The minimum absolute atomic E-state index is 0.0836. The van der Waals surface area contributed by atoms with Gasteiger partial charge in [-0.15, -0.1) is 11.3 Å². The van der Waals surface area contributed by atoms with Gasteiger partial charge in [0.25, 0.3) is 0 Å². The van der Waals surface area contributed by atoms with Gasteiger partial charge in [-0.05, 0) is 31.0 Å². The maximum atomic E-state index is 14.1. The van der Waals surface area contributed by atoms with E-state index in [9.17, 15) is 30.4 Å². The van der Waals surface area contributed by atoms with Crippen molar-refractivity contribution in [2.45, 2.75) is 23.0 Å². The Labute approximate surface area is 199 Å². The summed E-state index contributed by atoms with van der Waals surface area (Å²) in [4.78, 5) is 4.51. The molecule has 2 heterocycles. The zero-order valence-electron chi connectivity index (χ0n) is 16.4. The standard InChI is InChI=1S/C20H13Cl2F5N2O2S2/c21-10-5-9(6-11(22)7-10)13-8-32-20(28-13)29-3-1-12(2-4-29)33(30,31)19-17(26)15(24)14(23)16(25)18(19)27/h5-8,12H,1-4H2. The SMILES string of the molecule is O=S(=O)(c1c(F)c(F)c(F)c(F)c1F)C1CCN(c2nc(-c3cc(Cl)cc(Cl)c3)cs2)CC1. The monoisotopic (exact) mass is 542 g/mol. The summed E-state index contributed by atoms with van der Waals surface area (Å²) in [6.07, 6.45) is -0.167. The number of benzene rings is 2. The number of piperidine rings is 1. The molecular formula is C20H13Cl2F5N2O2S2. The Balaban J connectivity index is 1.54. The van der Waals surface area contributed by atoms with E-state index in [2.05, 4.69) is 4.98 Å². The van der Waals surface area contributed by atoms with Crippen molar-refractivity contribution < 1.29 is 30.4 Å². The average molecular weight is 543 g/mol. The quantitative estimate of drug-likeness (QED) is 0.169. The maximum Gasteiger partial charge on any atom is 0.200 e. The van der Waals surface area contributed by atoms with Gasteiger partial charge in [0.15, 0.2) is 38.2 Å². The van der Waals surface area contributed by atoms with Crippen LogP contribution in [0.1, 0.15) is 12.8 Å². The lowest BCUT2D eigenvalue weighted by molar-refractivity contribution is 0.356. The van der Waals surface area contributed by atoms with Gasteiger partial charge < -0.3 is 4.90 Å². The van der Waals surface area contributed by atoms with Crippen molar-refractivity contribution in [3.63, 3.8) is 0 Å². The Kier molecular flexibility index (Phi) is 6.60. The van der Waals surface area contributed by atoms with E-state index in [1.54, 1.807) is 28.5 Å². The number of halogens is 7. The summed E-state index contributed by atoms with van der Waals surface area (Å²) in [5.74, 6) is -11.7. The van der Waals surface area contributed by atoms with Crippen molar-refractivity contribution in [1.29, 1.82) is 0 Å². The summed E-state index contributed by atoms with van der Waals surface area (Å²) >= 11 is 13.3. The van der Waals surface area contributed by atoms with Crippen molar-refractivity contribution in [3.05, 3.63) is 62.7 Å². The molecule has 3 aromatic rings. The highest BCUT2D eigenvalue weighted by Crippen LogP contribution is 2.35. The van der Waals surface area contributed by atoms with Crippen LogP contribution in [0.4, 0.5) is 27.1 Å². The molecular weight excluding hydrogens is 530 g/mol. The minimum atomic E-state index is -4.81. The molecule has 4 nitrogen and oxygen atoms in total. The summed E-state index contributed by atoms with van der Waals surface area (Å²) in [6.45, 7) is 0.311. The van der Waals surface area contributed by atoms with Crippen LogP contribution in [0.15, 0.2) is 28.5 Å². The van der Waals surface area contributed by atoms with Crippen LogP contribution in [0.3, 0.4) is 0 Å². The van der Waals surface area contributed by atoms with Gasteiger partial charge in [-0.25, -0.2) is 35.4 Å². The van der Waals surface area contributed by atoms with Crippen LogP contribution in [0, 0.1) is 29.1 Å². The zero-order chi connectivity index (χ0) is 24.1. The molecule has 13 heteroatoms. The highest BCUT2D eigenvalue weighted by Gasteiger charge is 2.39. The number of rotatable bonds is 4. The lowest BCUT2D eigenvalue weighted by Gasteiger charge is -2.31. The number of anilines is 1. The molecule has 0 amide bonds. The fourth-order valence-electron chi connectivity index (χ4n) is 3.60. The Morgan fingerprint density at radius 2 is 1.39 bits per heavy atom. The molecule has 0 spiro atoms. The molecule has 0 atom stereocenters. The highest BCUT2D eigenvalue weighted by atomic mass is 35.5. The lowest BCUT2D eigenvalue weighted by Crippen LogP contribution is -2.40. The van der Waals surface area contributed by atoms with Crippen LogP contribution in [-0.4, -0.2) is 31.7 Å². The Morgan fingerprint density at radius 1 is 0.879 bits per heavy atom. The topological polar surface area (TPSA) is 50.3 Å². The van der Waals surface area contributed by atoms with Crippen molar-refractivity contribution >= 4 is 49.5 Å². The molecule has 0 radical (unpaired) electrons. The first kappa shape index (κ1) is 24.2. The minimum Gasteiger partial charge on any atom is -0.348 e. The molecule has 1 aliphatic heterocycles. The van der Waals surface area contributed by atoms with E-state index in [0.717, 1.165) is 0 Å². The molecule has 176 valence electrons. The van der Waals surface area contributed by atoms with Crippen LogP contribution < -0.4 is 4.90 Å². The number of sulfone groups is 1. The third-order valence-corrected chi connectivity index (χ3v) is 8.87. The normalized spacial score (nSPS) is 15.3. The van der Waals surface area contributed by atoms with Crippen molar-refractivity contribution in [3.8, 4) is 11.3 Å². The van der Waals surface area contributed by atoms with E-state index < -0.39 is 49.1 Å². The number of thiazole rings is 1. The summed E-state index contributed by atoms with van der Waals surface area (Å²) < 4.78 is 94.0. The summed E-state index contributed by atoms with van der Waals surface area (Å²) in [5.41, 5.74) is 1.30. The Morgan fingerprint density at radius 3 is 1.94 bits per heavy atom. The van der Waals surface area contributed by atoms with Gasteiger partial charge in [-0.3, -0.25) is 0 Å². The van der Waals surface area contributed by atoms with Gasteiger partial charge in [0, 0.05) is 34.1 Å². The van der Waals surface area contributed by atoms with Gasteiger partial charge in [0.05, 0.1) is 10.9 Å². The number of hydrogen-bond donors (Lipinski definition) is 0. The molecule has 1 saturated heterocycles. The van der Waals surface area contributed by atoms with Gasteiger partial charge in [-0.1, -0.05) is 23.2 Å².